The van der Waals surface area contributed by atoms with Crippen molar-refractivity contribution in [1.29, 1.82) is 0 Å². The first-order valence-electron chi connectivity index (χ1n) is 7.98. The minimum absolute atomic E-state index is 0.130. The summed E-state index contributed by atoms with van der Waals surface area (Å²) >= 11 is 0. The molecule has 24 heavy (non-hydrogen) atoms. The van der Waals surface area contributed by atoms with Crippen molar-refractivity contribution in [2.45, 2.75) is 54.0 Å². The highest BCUT2D eigenvalue weighted by Gasteiger charge is 2.37. The first kappa shape index (κ1) is 18.1. The highest BCUT2D eigenvalue weighted by atomic mass is 16.6. The van der Waals surface area contributed by atoms with E-state index in [0.29, 0.717) is 17.5 Å². The van der Waals surface area contributed by atoms with Crippen molar-refractivity contribution in [3.8, 4) is 0 Å². The zero-order valence-electron chi connectivity index (χ0n) is 15.1. The van der Waals surface area contributed by atoms with Gasteiger partial charge >= 0.3 is 0 Å². The third-order valence-corrected chi connectivity index (χ3v) is 5.37. The number of allylic oxidation sites excluding steroid dienone is 1. The predicted molar refractivity (Wildman–Crippen MR) is 92.1 cm³/mol. The van der Waals surface area contributed by atoms with Gasteiger partial charge in [-0.2, -0.15) is 0 Å². The summed E-state index contributed by atoms with van der Waals surface area (Å²) < 4.78 is 0. The summed E-state index contributed by atoms with van der Waals surface area (Å²) in [7, 11) is 0. The third kappa shape index (κ3) is 2.60. The summed E-state index contributed by atoms with van der Waals surface area (Å²) in [6.07, 6.45) is 0.588. The van der Waals surface area contributed by atoms with E-state index < -0.39 is 10.8 Å². The van der Waals surface area contributed by atoms with E-state index in [1.165, 1.54) is 4.90 Å². The average Bonchev–Trinajstić information content (AvgIpc) is 2.82. The van der Waals surface area contributed by atoms with E-state index in [0.717, 1.165) is 22.4 Å². The zero-order valence-corrected chi connectivity index (χ0v) is 15.1. The second kappa shape index (κ2) is 6.36. The predicted octanol–water partition coefficient (Wildman–Crippen LogP) is 3.33. The van der Waals surface area contributed by atoms with Crippen LogP contribution in [0.15, 0.2) is 11.3 Å². The van der Waals surface area contributed by atoms with Gasteiger partial charge in [-0.25, -0.2) is 0 Å². The molecule has 1 heterocycles. The van der Waals surface area contributed by atoms with Crippen molar-refractivity contribution in [2.75, 3.05) is 6.61 Å². The second-order valence-electron chi connectivity index (χ2n) is 6.56. The normalized spacial score (nSPS) is 17.6. The molecule has 1 aliphatic rings. The van der Waals surface area contributed by atoms with Gasteiger partial charge < -0.3 is 10.0 Å². The lowest BCUT2D eigenvalue weighted by molar-refractivity contribution is -0.385. The Morgan fingerprint density at radius 2 is 1.67 bits per heavy atom. The number of carbonyl (C=O) groups excluding carboxylic acids is 1. The Balaban J connectivity index is 2.72. The van der Waals surface area contributed by atoms with Gasteiger partial charge in [-0.05, 0) is 64.7 Å². The van der Waals surface area contributed by atoms with Gasteiger partial charge in [0.15, 0.2) is 0 Å². The zero-order chi connectivity index (χ0) is 18.3. The molecule has 0 saturated heterocycles. The summed E-state index contributed by atoms with van der Waals surface area (Å²) in [6.45, 7) is 10.7. The molecule has 1 amide bonds. The van der Waals surface area contributed by atoms with Gasteiger partial charge in [0.05, 0.1) is 17.6 Å². The molecule has 1 aromatic rings. The maximum absolute atomic E-state index is 13.2. The lowest BCUT2D eigenvalue weighted by atomic mass is 9.91. The van der Waals surface area contributed by atoms with Crippen LogP contribution in [-0.2, 0) is 0 Å². The van der Waals surface area contributed by atoms with Crippen LogP contribution < -0.4 is 0 Å². The number of hydrogen-bond donors (Lipinski definition) is 1. The molecule has 6 nitrogen and oxygen atoms in total. The van der Waals surface area contributed by atoms with E-state index in [2.05, 4.69) is 0 Å². The molecule has 0 fully saturated rings. The number of aliphatic hydroxyl groups excluding tert-OH is 1. The van der Waals surface area contributed by atoms with Gasteiger partial charge in [-0.15, -0.1) is 0 Å². The molecule has 0 aromatic heterocycles. The lowest BCUT2D eigenvalue weighted by Crippen LogP contribution is -2.38. The van der Waals surface area contributed by atoms with E-state index >= 15 is 0 Å². The monoisotopic (exact) mass is 332 g/mol. The van der Waals surface area contributed by atoms with Crippen molar-refractivity contribution in [3.05, 3.63) is 49.2 Å². The van der Waals surface area contributed by atoms with Crippen molar-refractivity contribution in [3.63, 3.8) is 0 Å². The molecule has 0 bridgehead atoms. The summed E-state index contributed by atoms with van der Waals surface area (Å²) in [5.74, 6) is -0.404. The SMILES string of the molecule is CC1=C(C)N(C(=O)c2c(C)c(C)c(C)c(C)c2[N+](=O)[O-])C(CO)C1. The van der Waals surface area contributed by atoms with Gasteiger partial charge in [0.25, 0.3) is 11.6 Å². The molecule has 1 unspecified atom stereocenters. The molecule has 6 heteroatoms. The first-order chi connectivity index (χ1) is 11.1. The van der Waals surface area contributed by atoms with Crippen LogP contribution in [0.5, 0.6) is 0 Å². The smallest absolute Gasteiger partial charge is 0.285 e. The van der Waals surface area contributed by atoms with Crippen molar-refractivity contribution < 1.29 is 14.8 Å². The van der Waals surface area contributed by atoms with E-state index in [-0.39, 0.29) is 23.9 Å². The molecule has 130 valence electrons. The number of hydrogen-bond acceptors (Lipinski definition) is 4. The summed E-state index contributed by atoms with van der Waals surface area (Å²) in [4.78, 5) is 25.9. The van der Waals surface area contributed by atoms with E-state index in [1.807, 2.05) is 27.7 Å². The topological polar surface area (TPSA) is 83.7 Å². The molecule has 0 saturated carbocycles. The number of nitro benzene ring substituents is 1. The Morgan fingerprint density at radius 3 is 2.17 bits per heavy atom. The van der Waals surface area contributed by atoms with E-state index in [9.17, 15) is 20.0 Å². The quantitative estimate of drug-likeness (QED) is 0.680. The van der Waals surface area contributed by atoms with Gasteiger partial charge in [-0.3, -0.25) is 14.9 Å². The Bertz CT molecular complexity index is 765. The number of rotatable bonds is 3. The van der Waals surface area contributed by atoms with E-state index in [4.69, 9.17) is 0 Å². The maximum atomic E-state index is 13.2. The van der Waals surface area contributed by atoms with Crippen molar-refractivity contribution in [2.24, 2.45) is 0 Å². The van der Waals surface area contributed by atoms with Crippen LogP contribution in [0.1, 0.15) is 52.9 Å². The van der Waals surface area contributed by atoms with Gasteiger partial charge in [0, 0.05) is 11.3 Å². The molecular weight excluding hydrogens is 308 g/mol. The standard InChI is InChI=1S/C18H24N2O4/c1-9-7-15(8-21)19(14(9)6)18(22)16-12(4)10(2)11(3)13(5)17(16)20(23)24/h15,21H,7-8H2,1-6H3. The molecule has 1 N–H and O–H groups in total. The van der Waals surface area contributed by atoms with Crippen LogP contribution >= 0.6 is 0 Å². The second-order valence-corrected chi connectivity index (χ2v) is 6.56. The van der Waals surface area contributed by atoms with Crippen LogP contribution in [0.4, 0.5) is 5.69 Å². The number of amides is 1. The van der Waals surface area contributed by atoms with Crippen LogP contribution in [0.3, 0.4) is 0 Å². The van der Waals surface area contributed by atoms with Gasteiger partial charge in [0.1, 0.15) is 5.56 Å². The highest BCUT2D eigenvalue weighted by Crippen LogP contribution is 2.37. The molecule has 1 aromatic carbocycles. The van der Waals surface area contributed by atoms with Crippen molar-refractivity contribution in [1.82, 2.24) is 4.90 Å². The van der Waals surface area contributed by atoms with Crippen LogP contribution in [0.25, 0.3) is 0 Å². The van der Waals surface area contributed by atoms with Gasteiger partial charge in [-0.1, -0.05) is 5.57 Å². The maximum Gasteiger partial charge on any atom is 0.285 e. The van der Waals surface area contributed by atoms with Crippen molar-refractivity contribution >= 4 is 11.6 Å². The minimum Gasteiger partial charge on any atom is -0.394 e. The fourth-order valence-corrected chi connectivity index (χ4v) is 3.44. The molecule has 0 spiro atoms. The molecule has 2 rings (SSSR count). The third-order valence-electron chi connectivity index (χ3n) is 5.37. The summed E-state index contributed by atoms with van der Waals surface area (Å²) in [6, 6.07) is -0.363. The number of aliphatic hydroxyl groups is 1. The van der Waals surface area contributed by atoms with E-state index in [1.54, 1.807) is 13.8 Å². The number of carbonyl (C=O) groups is 1. The molecular formula is C18H24N2O4. The number of nitro groups is 1. The van der Waals surface area contributed by atoms with Crippen LogP contribution in [-0.4, -0.2) is 33.5 Å². The summed E-state index contributed by atoms with van der Waals surface area (Å²) in [5, 5.41) is 21.3. The fourth-order valence-electron chi connectivity index (χ4n) is 3.44. The van der Waals surface area contributed by atoms with Crippen LogP contribution in [0, 0.1) is 37.8 Å². The molecule has 0 radical (unpaired) electrons. The lowest BCUT2D eigenvalue weighted by Gasteiger charge is -2.27. The molecule has 0 aliphatic carbocycles. The minimum atomic E-state index is -0.474. The average molecular weight is 332 g/mol. The molecule has 1 aliphatic heterocycles. The Hall–Kier alpha value is -2.21. The summed E-state index contributed by atoms with van der Waals surface area (Å²) in [5.41, 5.74) is 4.65. The first-order valence-corrected chi connectivity index (χ1v) is 7.98. The molecule has 1 atom stereocenters. The fraction of sp³-hybridized carbons (Fsp3) is 0.500. The van der Waals surface area contributed by atoms with Crippen LogP contribution in [0.2, 0.25) is 0 Å². The Kier molecular flexibility index (Phi) is 4.80. The highest BCUT2D eigenvalue weighted by molar-refractivity contribution is 6.02. The van der Waals surface area contributed by atoms with Gasteiger partial charge in [0.2, 0.25) is 0 Å². The largest absolute Gasteiger partial charge is 0.394 e. The Morgan fingerprint density at radius 1 is 1.12 bits per heavy atom. The Labute approximate surface area is 141 Å². The number of benzene rings is 1. The number of nitrogens with zero attached hydrogens (tertiary/aromatic N) is 2.